The van der Waals surface area contributed by atoms with Crippen molar-refractivity contribution in [3.63, 3.8) is 0 Å². The summed E-state index contributed by atoms with van der Waals surface area (Å²) >= 11 is 0. The number of rotatable bonds is 4. The molecule has 2 atom stereocenters. The SMILES string of the molecule is Cc1cccc(F)c1CNC(=O)C[C@@H]1CC[C@H](N)C1. The van der Waals surface area contributed by atoms with E-state index in [1.165, 1.54) is 6.07 Å². The van der Waals surface area contributed by atoms with Crippen LogP contribution in [0.25, 0.3) is 0 Å². The standard InChI is InChI=1S/C15H21FN2O/c1-10-3-2-4-14(16)13(10)9-18-15(19)8-11-5-6-12(17)7-11/h2-4,11-12H,5-9,17H2,1H3,(H,18,19)/t11-,12+/m1/s1. The third-order valence-electron chi connectivity index (χ3n) is 3.87. The van der Waals surface area contributed by atoms with Crippen molar-refractivity contribution >= 4 is 5.91 Å². The zero-order valence-electron chi connectivity index (χ0n) is 11.3. The van der Waals surface area contributed by atoms with E-state index in [9.17, 15) is 9.18 Å². The average molecular weight is 264 g/mol. The van der Waals surface area contributed by atoms with Crippen LogP contribution in [0, 0.1) is 18.7 Å². The summed E-state index contributed by atoms with van der Waals surface area (Å²) < 4.78 is 13.6. The van der Waals surface area contributed by atoms with Crippen molar-refractivity contribution in [3.8, 4) is 0 Å². The number of halogens is 1. The van der Waals surface area contributed by atoms with Crippen molar-refractivity contribution in [2.24, 2.45) is 11.7 Å². The molecule has 0 bridgehead atoms. The number of benzene rings is 1. The van der Waals surface area contributed by atoms with Gasteiger partial charge in [-0.1, -0.05) is 12.1 Å². The number of carbonyl (C=O) groups is 1. The van der Waals surface area contributed by atoms with Gasteiger partial charge in [-0.25, -0.2) is 4.39 Å². The molecule has 0 unspecified atom stereocenters. The first-order chi connectivity index (χ1) is 9.06. The second kappa shape index (κ2) is 6.15. The van der Waals surface area contributed by atoms with Gasteiger partial charge in [0.2, 0.25) is 5.91 Å². The highest BCUT2D eigenvalue weighted by Gasteiger charge is 2.23. The summed E-state index contributed by atoms with van der Waals surface area (Å²) in [6.07, 6.45) is 3.45. The van der Waals surface area contributed by atoms with E-state index < -0.39 is 0 Å². The lowest BCUT2D eigenvalue weighted by Gasteiger charge is -2.12. The molecule has 0 aliphatic heterocycles. The van der Waals surface area contributed by atoms with Crippen LogP contribution in [0.3, 0.4) is 0 Å². The third kappa shape index (κ3) is 3.77. The lowest BCUT2D eigenvalue weighted by Crippen LogP contribution is -2.26. The smallest absolute Gasteiger partial charge is 0.220 e. The molecule has 4 heteroatoms. The van der Waals surface area contributed by atoms with Crippen LogP contribution in [0.15, 0.2) is 18.2 Å². The minimum absolute atomic E-state index is 0.0123. The van der Waals surface area contributed by atoms with Crippen molar-refractivity contribution in [1.82, 2.24) is 5.32 Å². The Hall–Kier alpha value is -1.42. The zero-order valence-corrected chi connectivity index (χ0v) is 11.3. The van der Waals surface area contributed by atoms with Gasteiger partial charge in [-0.05, 0) is 43.7 Å². The Kier molecular flexibility index (Phi) is 4.53. The number of hydrogen-bond donors (Lipinski definition) is 2. The molecular formula is C15H21FN2O. The molecule has 0 heterocycles. The fourth-order valence-electron chi connectivity index (χ4n) is 2.71. The van der Waals surface area contributed by atoms with E-state index in [4.69, 9.17) is 5.73 Å². The number of nitrogens with two attached hydrogens (primary N) is 1. The predicted octanol–water partition coefficient (Wildman–Crippen LogP) is 2.27. The molecule has 19 heavy (non-hydrogen) atoms. The summed E-state index contributed by atoms with van der Waals surface area (Å²) in [5, 5.41) is 2.80. The maximum atomic E-state index is 13.6. The topological polar surface area (TPSA) is 55.1 Å². The van der Waals surface area contributed by atoms with Crippen LogP contribution in [0.1, 0.15) is 36.8 Å². The molecule has 1 aromatic carbocycles. The Bertz CT molecular complexity index is 441. The highest BCUT2D eigenvalue weighted by atomic mass is 19.1. The first kappa shape index (κ1) is 14.0. The van der Waals surface area contributed by atoms with Crippen LogP contribution in [0.2, 0.25) is 0 Å². The second-order valence-electron chi connectivity index (χ2n) is 5.46. The molecule has 1 fully saturated rings. The summed E-state index contributed by atoms with van der Waals surface area (Å²) in [7, 11) is 0. The number of aryl methyl sites for hydroxylation is 1. The Morgan fingerprint density at radius 3 is 2.89 bits per heavy atom. The largest absolute Gasteiger partial charge is 0.352 e. The highest BCUT2D eigenvalue weighted by molar-refractivity contribution is 5.76. The monoisotopic (exact) mass is 264 g/mol. The van der Waals surface area contributed by atoms with E-state index in [0.29, 0.717) is 17.9 Å². The van der Waals surface area contributed by atoms with Gasteiger partial charge in [0.25, 0.3) is 0 Å². The first-order valence-electron chi connectivity index (χ1n) is 6.82. The highest BCUT2D eigenvalue weighted by Crippen LogP contribution is 2.26. The number of carbonyl (C=O) groups excluding carboxylic acids is 1. The molecule has 3 nitrogen and oxygen atoms in total. The lowest BCUT2D eigenvalue weighted by atomic mass is 10.0. The Labute approximate surface area is 113 Å². The molecular weight excluding hydrogens is 243 g/mol. The lowest BCUT2D eigenvalue weighted by molar-refractivity contribution is -0.122. The molecule has 2 rings (SSSR count). The van der Waals surface area contributed by atoms with Crippen molar-refractivity contribution in [1.29, 1.82) is 0 Å². The van der Waals surface area contributed by atoms with Gasteiger partial charge in [0, 0.05) is 24.6 Å². The van der Waals surface area contributed by atoms with Crippen molar-refractivity contribution in [3.05, 3.63) is 35.1 Å². The van der Waals surface area contributed by atoms with Gasteiger partial charge in [-0.3, -0.25) is 4.79 Å². The van der Waals surface area contributed by atoms with Gasteiger partial charge in [-0.15, -0.1) is 0 Å². The average Bonchev–Trinajstić information content (AvgIpc) is 2.74. The van der Waals surface area contributed by atoms with Gasteiger partial charge in [0.15, 0.2) is 0 Å². The van der Waals surface area contributed by atoms with E-state index in [-0.39, 0.29) is 24.3 Å². The molecule has 104 valence electrons. The molecule has 1 saturated carbocycles. The van der Waals surface area contributed by atoms with Gasteiger partial charge >= 0.3 is 0 Å². The van der Waals surface area contributed by atoms with E-state index in [1.54, 1.807) is 6.07 Å². The predicted molar refractivity (Wildman–Crippen MR) is 72.9 cm³/mol. The fraction of sp³-hybridized carbons (Fsp3) is 0.533. The van der Waals surface area contributed by atoms with Crippen LogP contribution >= 0.6 is 0 Å². The van der Waals surface area contributed by atoms with E-state index >= 15 is 0 Å². The fourth-order valence-corrected chi connectivity index (χ4v) is 2.71. The summed E-state index contributed by atoms with van der Waals surface area (Å²) in [6.45, 7) is 2.11. The van der Waals surface area contributed by atoms with Crippen molar-refractivity contribution < 1.29 is 9.18 Å². The molecule has 1 aromatic rings. The maximum absolute atomic E-state index is 13.6. The van der Waals surface area contributed by atoms with Crippen LogP contribution < -0.4 is 11.1 Å². The van der Waals surface area contributed by atoms with Crippen molar-refractivity contribution in [2.45, 2.75) is 45.2 Å². The van der Waals surface area contributed by atoms with E-state index in [1.807, 2.05) is 13.0 Å². The van der Waals surface area contributed by atoms with Gasteiger partial charge in [0.05, 0.1) is 0 Å². The Morgan fingerprint density at radius 1 is 1.47 bits per heavy atom. The Balaban J connectivity index is 1.83. The van der Waals surface area contributed by atoms with Crippen LogP contribution in [0.4, 0.5) is 4.39 Å². The normalized spacial score (nSPS) is 22.5. The first-order valence-corrected chi connectivity index (χ1v) is 6.82. The third-order valence-corrected chi connectivity index (χ3v) is 3.87. The van der Waals surface area contributed by atoms with Gasteiger partial charge < -0.3 is 11.1 Å². The van der Waals surface area contributed by atoms with Crippen LogP contribution in [0.5, 0.6) is 0 Å². The molecule has 1 aliphatic carbocycles. The van der Waals surface area contributed by atoms with Gasteiger partial charge in [0.1, 0.15) is 5.82 Å². The molecule has 1 amide bonds. The summed E-state index contributed by atoms with van der Waals surface area (Å²) in [4.78, 5) is 11.8. The number of amides is 1. The Morgan fingerprint density at radius 2 is 2.26 bits per heavy atom. The molecule has 1 aliphatic rings. The van der Waals surface area contributed by atoms with Crippen LogP contribution in [-0.2, 0) is 11.3 Å². The quantitative estimate of drug-likeness (QED) is 0.876. The van der Waals surface area contributed by atoms with Crippen LogP contribution in [-0.4, -0.2) is 11.9 Å². The van der Waals surface area contributed by atoms with Crippen molar-refractivity contribution in [2.75, 3.05) is 0 Å². The summed E-state index contributed by atoms with van der Waals surface area (Å²) in [6, 6.07) is 5.19. The number of nitrogens with one attached hydrogen (secondary N) is 1. The second-order valence-corrected chi connectivity index (χ2v) is 5.46. The maximum Gasteiger partial charge on any atom is 0.220 e. The number of hydrogen-bond acceptors (Lipinski definition) is 2. The molecule has 3 N–H and O–H groups in total. The molecule has 0 saturated heterocycles. The molecule has 0 radical (unpaired) electrons. The van der Waals surface area contributed by atoms with E-state index in [2.05, 4.69) is 5.32 Å². The zero-order chi connectivity index (χ0) is 13.8. The molecule has 0 aromatic heterocycles. The van der Waals surface area contributed by atoms with Gasteiger partial charge in [-0.2, -0.15) is 0 Å². The summed E-state index contributed by atoms with van der Waals surface area (Å²) in [5.41, 5.74) is 7.26. The minimum Gasteiger partial charge on any atom is -0.352 e. The molecule has 0 spiro atoms. The van der Waals surface area contributed by atoms with E-state index in [0.717, 1.165) is 24.8 Å². The summed E-state index contributed by atoms with van der Waals surface area (Å²) in [5.74, 6) is 0.113. The minimum atomic E-state index is -0.261.